The van der Waals surface area contributed by atoms with Crippen molar-refractivity contribution < 1.29 is 9.90 Å². The smallest absolute Gasteiger partial charge is 0.267 e. The van der Waals surface area contributed by atoms with Crippen LogP contribution in [-0.4, -0.2) is 48.3 Å². The molecule has 1 saturated heterocycles. The number of carbonyl (C=O) groups is 1. The van der Waals surface area contributed by atoms with E-state index in [2.05, 4.69) is 5.32 Å². The number of amides is 1. The van der Waals surface area contributed by atoms with Crippen molar-refractivity contribution in [2.24, 2.45) is 0 Å². The summed E-state index contributed by atoms with van der Waals surface area (Å²) in [6.45, 7) is 3.75. The molecule has 2 aromatic rings. The van der Waals surface area contributed by atoms with E-state index in [-0.39, 0.29) is 30.2 Å². The summed E-state index contributed by atoms with van der Waals surface area (Å²) in [4.78, 5) is 33.5. The number of aryl methyl sites for hydroxylation is 1. The summed E-state index contributed by atoms with van der Waals surface area (Å²) < 4.78 is 2.04. The van der Waals surface area contributed by atoms with Crippen molar-refractivity contribution in [2.45, 2.75) is 64.5 Å². The minimum atomic E-state index is -0.267. The van der Waals surface area contributed by atoms with Gasteiger partial charge in [-0.3, -0.25) is 18.9 Å². The molecule has 4 rings (SSSR count). The highest BCUT2D eigenvalue weighted by Gasteiger charge is 2.37. The molecule has 2 N–H and O–H groups in total. The number of fused-ring (bicyclic) bond motifs is 1. The van der Waals surface area contributed by atoms with Crippen molar-refractivity contribution in [2.75, 3.05) is 11.9 Å². The lowest BCUT2D eigenvalue weighted by molar-refractivity contribution is -0.124. The second-order valence-corrected chi connectivity index (χ2v) is 10.0. The average molecular weight is 473 g/mol. The van der Waals surface area contributed by atoms with Crippen molar-refractivity contribution in [1.29, 1.82) is 0 Å². The van der Waals surface area contributed by atoms with Crippen LogP contribution in [0.3, 0.4) is 0 Å². The number of aromatic nitrogens is 2. The van der Waals surface area contributed by atoms with Crippen LogP contribution < -0.4 is 10.9 Å². The maximum atomic E-state index is 13.4. The number of pyridine rings is 1. The number of thioether (sulfide) groups is 1. The Kier molecular flexibility index (Phi) is 6.97. The summed E-state index contributed by atoms with van der Waals surface area (Å²) in [5.74, 6) is 0.230. The van der Waals surface area contributed by atoms with Crippen molar-refractivity contribution in [3.63, 3.8) is 0 Å². The Hall–Kier alpha value is -2.23. The van der Waals surface area contributed by atoms with Gasteiger partial charge in [0.25, 0.3) is 11.5 Å². The standard InChI is InChI=1S/C23H28N4O3S2/c1-3-15(13-28)24-19-17(21(29)26-11-7-8-14(2)20(26)25-19)12-18-22(30)27(23(31)32-18)16-9-5-4-6-10-16/h7-8,11-12,15-16,24,28H,3-6,9-10,13H2,1-2H3/b18-12-. The number of aliphatic hydroxyl groups is 1. The van der Waals surface area contributed by atoms with Crippen molar-refractivity contribution in [3.8, 4) is 0 Å². The van der Waals surface area contributed by atoms with Crippen LogP contribution in [0.15, 0.2) is 28.0 Å². The number of nitrogens with zero attached hydrogens (tertiary/aromatic N) is 3. The molecule has 1 saturated carbocycles. The van der Waals surface area contributed by atoms with E-state index in [0.29, 0.717) is 32.7 Å². The largest absolute Gasteiger partial charge is 0.394 e. The van der Waals surface area contributed by atoms with Crippen LogP contribution >= 0.6 is 24.0 Å². The molecule has 1 aliphatic carbocycles. The molecule has 9 heteroatoms. The zero-order chi connectivity index (χ0) is 22.8. The van der Waals surface area contributed by atoms with E-state index < -0.39 is 0 Å². The monoisotopic (exact) mass is 472 g/mol. The number of hydrogen-bond acceptors (Lipinski definition) is 7. The topological polar surface area (TPSA) is 86.9 Å². The molecule has 0 radical (unpaired) electrons. The van der Waals surface area contributed by atoms with E-state index in [4.69, 9.17) is 17.2 Å². The summed E-state index contributed by atoms with van der Waals surface area (Å²) in [5.41, 5.74) is 1.43. The van der Waals surface area contributed by atoms with Gasteiger partial charge in [-0.25, -0.2) is 4.98 Å². The van der Waals surface area contributed by atoms with E-state index >= 15 is 0 Å². The molecule has 32 heavy (non-hydrogen) atoms. The van der Waals surface area contributed by atoms with E-state index in [1.807, 2.05) is 19.9 Å². The van der Waals surface area contributed by atoms with Crippen LogP contribution in [0, 0.1) is 6.92 Å². The second kappa shape index (κ2) is 9.72. The van der Waals surface area contributed by atoms with Gasteiger partial charge in [-0.1, -0.05) is 56.2 Å². The summed E-state index contributed by atoms with van der Waals surface area (Å²) >= 11 is 6.78. The maximum absolute atomic E-state index is 13.4. The Bertz CT molecular complexity index is 1130. The van der Waals surface area contributed by atoms with Gasteiger partial charge >= 0.3 is 0 Å². The van der Waals surface area contributed by atoms with E-state index in [0.717, 1.165) is 31.2 Å². The SMILES string of the molecule is CCC(CO)Nc1nc2c(C)cccn2c(=O)c1/C=C1\SC(=S)N(C2CCCCC2)C1=O. The molecule has 170 valence electrons. The lowest BCUT2D eigenvalue weighted by Gasteiger charge is -2.29. The quantitative estimate of drug-likeness (QED) is 0.489. The third-order valence-corrected chi connectivity index (χ3v) is 7.51. The molecular weight excluding hydrogens is 444 g/mol. The molecule has 3 heterocycles. The maximum Gasteiger partial charge on any atom is 0.267 e. The third kappa shape index (κ3) is 4.33. The van der Waals surface area contributed by atoms with Gasteiger partial charge in [0.1, 0.15) is 15.8 Å². The highest BCUT2D eigenvalue weighted by Crippen LogP contribution is 2.37. The van der Waals surface area contributed by atoms with Gasteiger partial charge in [0.15, 0.2) is 0 Å². The number of aliphatic hydroxyl groups excluding tert-OH is 1. The number of hydrogen-bond donors (Lipinski definition) is 2. The second-order valence-electron chi connectivity index (χ2n) is 8.34. The van der Waals surface area contributed by atoms with Gasteiger partial charge in [0.05, 0.1) is 23.1 Å². The van der Waals surface area contributed by atoms with Crippen LogP contribution in [0.5, 0.6) is 0 Å². The minimum Gasteiger partial charge on any atom is -0.394 e. The fraction of sp³-hybridized carbons (Fsp3) is 0.478. The predicted molar refractivity (Wildman–Crippen MR) is 133 cm³/mol. The molecule has 1 amide bonds. The van der Waals surface area contributed by atoms with Crippen LogP contribution in [0.2, 0.25) is 0 Å². The highest BCUT2D eigenvalue weighted by atomic mass is 32.2. The summed E-state index contributed by atoms with van der Waals surface area (Å²) in [6.07, 6.45) is 9.26. The number of rotatable bonds is 6. The number of thiocarbonyl (C=S) groups is 1. The Labute approximate surface area is 196 Å². The first-order valence-corrected chi connectivity index (χ1v) is 12.3. The number of carbonyl (C=O) groups excluding carboxylic acids is 1. The Balaban J connectivity index is 1.79. The molecule has 2 aromatic heterocycles. The predicted octanol–water partition coefficient (Wildman–Crippen LogP) is 3.72. The van der Waals surface area contributed by atoms with E-state index in [1.165, 1.54) is 22.6 Å². The zero-order valence-electron chi connectivity index (χ0n) is 18.3. The Morgan fingerprint density at radius 1 is 1.34 bits per heavy atom. The molecular formula is C23H28N4O3S2. The van der Waals surface area contributed by atoms with Gasteiger partial charge in [-0.2, -0.15) is 0 Å². The Morgan fingerprint density at radius 2 is 2.09 bits per heavy atom. The van der Waals surface area contributed by atoms with E-state index in [1.54, 1.807) is 23.2 Å². The van der Waals surface area contributed by atoms with Gasteiger partial charge in [0, 0.05) is 12.2 Å². The molecule has 0 aromatic carbocycles. The normalized spacial score (nSPS) is 19.8. The lowest BCUT2D eigenvalue weighted by atomic mass is 9.94. The van der Waals surface area contributed by atoms with Crippen LogP contribution in [0.1, 0.15) is 56.6 Å². The fourth-order valence-corrected chi connectivity index (χ4v) is 5.67. The molecule has 0 bridgehead atoms. The molecule has 1 aliphatic heterocycles. The Morgan fingerprint density at radius 3 is 2.78 bits per heavy atom. The van der Waals surface area contributed by atoms with Crippen molar-refractivity contribution in [1.82, 2.24) is 14.3 Å². The first-order valence-electron chi connectivity index (χ1n) is 11.1. The molecule has 1 atom stereocenters. The highest BCUT2D eigenvalue weighted by molar-refractivity contribution is 8.26. The van der Waals surface area contributed by atoms with Gasteiger partial charge in [0.2, 0.25) is 0 Å². The van der Waals surface area contributed by atoms with Gasteiger partial charge in [-0.15, -0.1) is 0 Å². The van der Waals surface area contributed by atoms with E-state index in [9.17, 15) is 14.7 Å². The number of anilines is 1. The first kappa shape index (κ1) is 22.9. The molecule has 2 aliphatic rings. The number of nitrogens with one attached hydrogen (secondary N) is 1. The van der Waals surface area contributed by atoms with Gasteiger partial charge in [-0.05, 0) is 43.9 Å². The van der Waals surface area contributed by atoms with Crippen molar-refractivity contribution >= 4 is 51.7 Å². The third-order valence-electron chi connectivity index (χ3n) is 6.18. The van der Waals surface area contributed by atoms with Crippen molar-refractivity contribution in [3.05, 3.63) is 44.7 Å². The first-order chi connectivity index (χ1) is 15.4. The summed E-state index contributed by atoms with van der Waals surface area (Å²) in [5, 5.41) is 12.9. The van der Waals surface area contributed by atoms with Crippen LogP contribution in [-0.2, 0) is 4.79 Å². The summed E-state index contributed by atoms with van der Waals surface area (Å²) in [7, 11) is 0. The average Bonchev–Trinajstić information content (AvgIpc) is 3.08. The molecule has 2 fully saturated rings. The van der Waals surface area contributed by atoms with Crippen LogP contribution in [0.25, 0.3) is 11.7 Å². The molecule has 1 unspecified atom stereocenters. The fourth-order valence-electron chi connectivity index (χ4n) is 4.29. The lowest BCUT2D eigenvalue weighted by Crippen LogP contribution is -2.39. The zero-order valence-corrected chi connectivity index (χ0v) is 20.0. The molecule has 7 nitrogen and oxygen atoms in total. The molecule has 0 spiro atoms. The van der Waals surface area contributed by atoms with Gasteiger partial charge < -0.3 is 10.4 Å². The summed E-state index contributed by atoms with van der Waals surface area (Å²) in [6, 6.07) is 3.58. The minimum absolute atomic E-state index is 0.0887. The van der Waals surface area contributed by atoms with Crippen LogP contribution in [0.4, 0.5) is 5.82 Å².